The molecule has 0 amide bonds. The molecule has 0 aromatic heterocycles. The first kappa shape index (κ1) is 12.4. The Morgan fingerprint density at radius 3 is 2.83 bits per heavy atom. The summed E-state index contributed by atoms with van der Waals surface area (Å²) in [5.41, 5.74) is 0. The summed E-state index contributed by atoms with van der Waals surface area (Å²) in [6.07, 6.45) is 8.17. The Bertz CT molecular complexity index is 301. The summed E-state index contributed by atoms with van der Waals surface area (Å²) in [7, 11) is 0. The van der Waals surface area contributed by atoms with Gasteiger partial charge in [-0.15, -0.1) is 0 Å². The highest BCUT2D eigenvalue weighted by Crippen LogP contribution is 2.32. The smallest absolute Gasteiger partial charge is 0.323 e. The van der Waals surface area contributed by atoms with E-state index in [1.807, 2.05) is 0 Å². The minimum atomic E-state index is -0.0788. The maximum atomic E-state index is 12.1. The first-order valence-corrected chi connectivity index (χ1v) is 7.37. The van der Waals surface area contributed by atoms with Gasteiger partial charge in [0, 0.05) is 12.5 Å². The average Bonchev–Trinajstić information content (AvgIpc) is 2.91. The molecule has 4 unspecified atom stereocenters. The number of hydrogen-bond acceptors (Lipinski definition) is 4. The van der Waals surface area contributed by atoms with Crippen LogP contribution < -0.4 is 5.32 Å². The molecule has 4 heteroatoms. The Balaban J connectivity index is 1.51. The fraction of sp³-hybridized carbons (Fsp3) is 0.929. The quantitative estimate of drug-likeness (QED) is 0.760. The van der Waals surface area contributed by atoms with E-state index in [0.717, 1.165) is 25.4 Å². The number of rotatable bonds is 2. The maximum Gasteiger partial charge on any atom is 0.323 e. The molecule has 2 saturated heterocycles. The lowest BCUT2D eigenvalue weighted by atomic mass is 9.78. The second-order valence-corrected chi connectivity index (χ2v) is 5.87. The summed E-state index contributed by atoms with van der Waals surface area (Å²) >= 11 is 0. The Hall–Kier alpha value is -0.610. The van der Waals surface area contributed by atoms with Crippen LogP contribution in [0.1, 0.15) is 44.9 Å². The molecule has 0 aromatic carbocycles. The Labute approximate surface area is 108 Å². The molecule has 0 aromatic rings. The molecular weight excluding hydrogens is 230 g/mol. The van der Waals surface area contributed by atoms with Crippen molar-refractivity contribution in [2.75, 3.05) is 13.2 Å². The van der Waals surface area contributed by atoms with E-state index in [9.17, 15) is 4.79 Å². The second kappa shape index (κ2) is 5.57. The molecular formula is C14H23NO3. The van der Waals surface area contributed by atoms with Gasteiger partial charge in [-0.2, -0.15) is 0 Å². The van der Waals surface area contributed by atoms with Crippen molar-refractivity contribution in [3.63, 3.8) is 0 Å². The van der Waals surface area contributed by atoms with Crippen molar-refractivity contribution in [1.29, 1.82) is 0 Å². The molecule has 3 rings (SSSR count). The summed E-state index contributed by atoms with van der Waals surface area (Å²) in [5, 5.41) is 3.51. The van der Waals surface area contributed by atoms with Gasteiger partial charge < -0.3 is 14.8 Å². The molecule has 1 N–H and O–H groups in total. The van der Waals surface area contributed by atoms with E-state index in [0.29, 0.717) is 12.6 Å². The van der Waals surface area contributed by atoms with Crippen LogP contribution in [0.5, 0.6) is 0 Å². The molecule has 0 spiro atoms. The van der Waals surface area contributed by atoms with E-state index in [1.165, 1.54) is 32.1 Å². The molecule has 4 atom stereocenters. The van der Waals surface area contributed by atoms with Gasteiger partial charge in [-0.25, -0.2) is 0 Å². The lowest BCUT2D eigenvalue weighted by Crippen LogP contribution is -2.52. The van der Waals surface area contributed by atoms with Gasteiger partial charge in [0.05, 0.1) is 13.2 Å². The van der Waals surface area contributed by atoms with E-state index in [2.05, 4.69) is 5.32 Å². The first-order valence-electron chi connectivity index (χ1n) is 7.37. The van der Waals surface area contributed by atoms with Crippen LogP contribution in [0.25, 0.3) is 0 Å². The van der Waals surface area contributed by atoms with Crippen molar-refractivity contribution in [1.82, 2.24) is 5.32 Å². The van der Waals surface area contributed by atoms with E-state index in [1.54, 1.807) is 0 Å². The van der Waals surface area contributed by atoms with Gasteiger partial charge in [-0.05, 0) is 31.6 Å². The third-order valence-electron chi connectivity index (χ3n) is 4.61. The number of ether oxygens (including phenoxy) is 2. The largest absolute Gasteiger partial charge is 0.459 e. The van der Waals surface area contributed by atoms with Crippen LogP contribution in [0.3, 0.4) is 0 Å². The Morgan fingerprint density at radius 2 is 2.00 bits per heavy atom. The molecule has 1 aliphatic carbocycles. The number of hydrogen-bond donors (Lipinski definition) is 1. The highest BCUT2D eigenvalue weighted by atomic mass is 16.6. The fourth-order valence-corrected chi connectivity index (χ4v) is 3.53. The van der Waals surface area contributed by atoms with Crippen LogP contribution in [0.2, 0.25) is 0 Å². The number of fused-ring (bicyclic) bond motifs is 1. The summed E-state index contributed by atoms with van der Waals surface area (Å²) in [4.78, 5) is 12.1. The van der Waals surface area contributed by atoms with Gasteiger partial charge in [0.1, 0.15) is 12.1 Å². The summed E-state index contributed by atoms with van der Waals surface area (Å²) in [5.74, 6) is 0.729. The van der Waals surface area contributed by atoms with Crippen molar-refractivity contribution in [2.45, 2.75) is 63.1 Å². The molecule has 102 valence electrons. The lowest BCUT2D eigenvalue weighted by Gasteiger charge is -2.39. The SMILES string of the molecule is O=C(OC1CCOC1)C1CCC2CCCCC2N1. The lowest BCUT2D eigenvalue weighted by molar-refractivity contribution is -0.153. The minimum Gasteiger partial charge on any atom is -0.459 e. The van der Waals surface area contributed by atoms with Crippen molar-refractivity contribution in [3.05, 3.63) is 0 Å². The molecule has 2 aliphatic heterocycles. The van der Waals surface area contributed by atoms with Gasteiger partial charge >= 0.3 is 5.97 Å². The summed E-state index contributed by atoms with van der Waals surface area (Å²) in [6.45, 7) is 1.30. The maximum absolute atomic E-state index is 12.1. The van der Waals surface area contributed by atoms with E-state index >= 15 is 0 Å². The molecule has 0 bridgehead atoms. The zero-order valence-electron chi connectivity index (χ0n) is 10.9. The topological polar surface area (TPSA) is 47.6 Å². The third kappa shape index (κ3) is 2.69. The number of carbonyl (C=O) groups is 1. The third-order valence-corrected chi connectivity index (χ3v) is 4.61. The fourth-order valence-electron chi connectivity index (χ4n) is 3.53. The molecule has 4 nitrogen and oxygen atoms in total. The average molecular weight is 253 g/mol. The number of nitrogens with one attached hydrogen (secondary N) is 1. The Kier molecular flexibility index (Phi) is 3.85. The zero-order chi connectivity index (χ0) is 12.4. The van der Waals surface area contributed by atoms with Crippen LogP contribution in [0, 0.1) is 5.92 Å². The van der Waals surface area contributed by atoms with E-state index in [-0.39, 0.29) is 18.1 Å². The molecule has 18 heavy (non-hydrogen) atoms. The van der Waals surface area contributed by atoms with Gasteiger partial charge in [-0.3, -0.25) is 4.79 Å². The number of carbonyl (C=O) groups excluding carboxylic acids is 1. The van der Waals surface area contributed by atoms with E-state index < -0.39 is 0 Å². The molecule has 0 radical (unpaired) electrons. The van der Waals surface area contributed by atoms with Crippen molar-refractivity contribution >= 4 is 5.97 Å². The van der Waals surface area contributed by atoms with Gasteiger partial charge in [0.25, 0.3) is 0 Å². The predicted octanol–water partition coefficient (Wildman–Crippen LogP) is 1.63. The highest BCUT2D eigenvalue weighted by molar-refractivity contribution is 5.76. The van der Waals surface area contributed by atoms with E-state index in [4.69, 9.17) is 9.47 Å². The minimum absolute atomic E-state index is 0.0108. The first-order chi connectivity index (χ1) is 8.83. The van der Waals surface area contributed by atoms with Crippen LogP contribution in [-0.4, -0.2) is 37.4 Å². The molecule has 2 heterocycles. The van der Waals surface area contributed by atoms with Crippen molar-refractivity contribution in [2.24, 2.45) is 5.92 Å². The van der Waals surface area contributed by atoms with Gasteiger partial charge in [0.2, 0.25) is 0 Å². The zero-order valence-corrected chi connectivity index (χ0v) is 10.9. The van der Waals surface area contributed by atoms with Gasteiger partial charge in [0.15, 0.2) is 0 Å². The summed E-state index contributed by atoms with van der Waals surface area (Å²) in [6, 6.07) is 0.467. The molecule has 3 aliphatic rings. The van der Waals surface area contributed by atoms with Crippen LogP contribution in [0.15, 0.2) is 0 Å². The Morgan fingerprint density at radius 1 is 1.11 bits per heavy atom. The van der Waals surface area contributed by atoms with Crippen LogP contribution >= 0.6 is 0 Å². The number of piperidine rings is 1. The molecule has 3 fully saturated rings. The van der Waals surface area contributed by atoms with Crippen molar-refractivity contribution < 1.29 is 14.3 Å². The van der Waals surface area contributed by atoms with Crippen LogP contribution in [-0.2, 0) is 14.3 Å². The predicted molar refractivity (Wildman–Crippen MR) is 67.2 cm³/mol. The number of esters is 1. The normalized spacial score (nSPS) is 40.2. The standard InChI is InChI=1S/C14H23NO3/c16-14(18-11-7-8-17-9-11)13-6-5-10-3-1-2-4-12(10)15-13/h10-13,15H,1-9H2. The monoisotopic (exact) mass is 253 g/mol. The molecule has 1 saturated carbocycles. The second-order valence-electron chi connectivity index (χ2n) is 5.87. The van der Waals surface area contributed by atoms with Crippen LogP contribution in [0.4, 0.5) is 0 Å². The van der Waals surface area contributed by atoms with Gasteiger partial charge in [-0.1, -0.05) is 12.8 Å². The summed E-state index contributed by atoms with van der Waals surface area (Å²) < 4.78 is 10.7. The highest BCUT2D eigenvalue weighted by Gasteiger charge is 2.36. The van der Waals surface area contributed by atoms with Crippen molar-refractivity contribution in [3.8, 4) is 0 Å².